The van der Waals surface area contributed by atoms with Crippen molar-refractivity contribution in [2.24, 2.45) is 0 Å². The summed E-state index contributed by atoms with van der Waals surface area (Å²) >= 11 is 0. The Bertz CT molecular complexity index is 974. The second-order valence-electron chi connectivity index (χ2n) is 6.77. The monoisotopic (exact) mass is 404 g/mol. The predicted octanol–water partition coefficient (Wildman–Crippen LogP) is 2.24. The molecule has 0 unspecified atom stereocenters. The van der Waals surface area contributed by atoms with Crippen LogP contribution in [0.3, 0.4) is 0 Å². The minimum Gasteiger partial charge on any atom is -0.486 e. The van der Waals surface area contributed by atoms with Crippen LogP contribution in [-0.4, -0.2) is 39.8 Å². The number of amides is 1. The van der Waals surface area contributed by atoms with E-state index in [1.807, 2.05) is 31.2 Å². The lowest BCUT2D eigenvalue weighted by atomic mass is 10.1. The molecule has 1 N–H and O–H groups in total. The lowest BCUT2D eigenvalue weighted by molar-refractivity contribution is -0.122. The van der Waals surface area contributed by atoms with Gasteiger partial charge in [-0.05, 0) is 31.5 Å². The van der Waals surface area contributed by atoms with Crippen molar-refractivity contribution in [3.05, 3.63) is 53.6 Å². The van der Waals surface area contributed by atoms with E-state index in [1.165, 1.54) is 0 Å². The zero-order chi connectivity index (χ0) is 20.3. The van der Waals surface area contributed by atoms with Gasteiger partial charge in [0, 0.05) is 12.6 Å². The third-order valence-electron chi connectivity index (χ3n) is 4.42. The number of benzene rings is 2. The molecule has 150 valence electrons. The fraction of sp³-hybridized carbons (Fsp3) is 0.350. The number of carbonyl (C=O) groups is 1. The molecule has 1 aliphatic rings. The zero-order valence-electron chi connectivity index (χ0n) is 16.1. The smallest absolute Gasteiger partial charge is 0.243 e. The van der Waals surface area contributed by atoms with Crippen LogP contribution in [0.4, 0.5) is 5.69 Å². The molecule has 0 spiro atoms. The summed E-state index contributed by atoms with van der Waals surface area (Å²) in [5.74, 6) is 0.631. The van der Waals surface area contributed by atoms with Crippen LogP contribution in [-0.2, 0) is 21.4 Å². The van der Waals surface area contributed by atoms with E-state index in [-0.39, 0.29) is 5.91 Å². The van der Waals surface area contributed by atoms with Gasteiger partial charge in [-0.15, -0.1) is 0 Å². The first-order chi connectivity index (χ1) is 13.3. The van der Waals surface area contributed by atoms with Crippen molar-refractivity contribution in [2.75, 3.05) is 23.8 Å². The Morgan fingerprint density at radius 2 is 1.86 bits per heavy atom. The van der Waals surface area contributed by atoms with Gasteiger partial charge in [0.15, 0.2) is 11.5 Å². The molecule has 0 radical (unpaired) electrons. The number of anilines is 1. The molecule has 2 aromatic rings. The van der Waals surface area contributed by atoms with E-state index >= 15 is 0 Å². The molecule has 1 heterocycles. The van der Waals surface area contributed by atoms with Gasteiger partial charge < -0.3 is 14.8 Å². The first kappa shape index (κ1) is 20.0. The van der Waals surface area contributed by atoms with Gasteiger partial charge in [-0.1, -0.05) is 29.8 Å². The summed E-state index contributed by atoms with van der Waals surface area (Å²) in [6.45, 7) is 4.69. The molecule has 0 saturated heterocycles. The van der Waals surface area contributed by atoms with Crippen molar-refractivity contribution in [1.82, 2.24) is 5.32 Å². The Hall–Kier alpha value is -2.74. The Morgan fingerprint density at radius 1 is 1.14 bits per heavy atom. The molecule has 8 heteroatoms. The number of hydrogen-bond donors (Lipinski definition) is 1. The maximum atomic E-state index is 12.7. The number of carbonyl (C=O) groups excluding carboxylic acids is 1. The number of hydrogen-bond acceptors (Lipinski definition) is 5. The molecule has 0 saturated carbocycles. The average molecular weight is 404 g/mol. The Labute approximate surface area is 165 Å². The van der Waals surface area contributed by atoms with Gasteiger partial charge in [0.2, 0.25) is 15.9 Å². The standard InChI is InChI=1S/C20H24N2O5S/c1-14-5-4-6-16(11-14)13-21-20(23)15(2)22(28(3,24)25)17-7-8-18-19(12-17)27-10-9-26-18/h4-8,11-12,15H,9-10,13H2,1-3H3,(H,21,23)/t15-/m1/s1. The minimum atomic E-state index is -3.70. The van der Waals surface area contributed by atoms with Crippen molar-refractivity contribution in [3.63, 3.8) is 0 Å². The highest BCUT2D eigenvalue weighted by molar-refractivity contribution is 7.92. The molecular weight excluding hydrogens is 380 g/mol. The first-order valence-electron chi connectivity index (χ1n) is 8.98. The zero-order valence-corrected chi connectivity index (χ0v) is 17.0. The minimum absolute atomic E-state index is 0.323. The number of fused-ring (bicyclic) bond motifs is 1. The van der Waals surface area contributed by atoms with Crippen LogP contribution in [0.5, 0.6) is 11.5 Å². The number of ether oxygens (including phenoxy) is 2. The lowest BCUT2D eigenvalue weighted by Gasteiger charge is -2.29. The van der Waals surface area contributed by atoms with E-state index in [0.717, 1.165) is 21.7 Å². The second kappa shape index (κ2) is 8.10. The maximum absolute atomic E-state index is 12.7. The van der Waals surface area contributed by atoms with Gasteiger partial charge in [0.1, 0.15) is 19.3 Å². The van der Waals surface area contributed by atoms with E-state index in [2.05, 4.69) is 5.32 Å². The third-order valence-corrected chi connectivity index (χ3v) is 5.66. The van der Waals surface area contributed by atoms with E-state index in [1.54, 1.807) is 25.1 Å². The number of aryl methyl sites for hydroxylation is 1. The Morgan fingerprint density at radius 3 is 2.54 bits per heavy atom. The fourth-order valence-electron chi connectivity index (χ4n) is 3.14. The summed E-state index contributed by atoms with van der Waals surface area (Å²) in [6, 6.07) is 11.7. The molecule has 0 aromatic heterocycles. The van der Waals surface area contributed by atoms with Crippen molar-refractivity contribution in [2.45, 2.75) is 26.4 Å². The molecule has 7 nitrogen and oxygen atoms in total. The van der Waals surface area contributed by atoms with Gasteiger partial charge >= 0.3 is 0 Å². The normalized spacial score (nSPS) is 14.2. The highest BCUT2D eigenvalue weighted by Gasteiger charge is 2.30. The number of nitrogens with one attached hydrogen (secondary N) is 1. The maximum Gasteiger partial charge on any atom is 0.243 e. The van der Waals surface area contributed by atoms with Crippen LogP contribution in [0.2, 0.25) is 0 Å². The molecule has 1 aliphatic heterocycles. The van der Waals surface area contributed by atoms with Crippen molar-refractivity contribution < 1.29 is 22.7 Å². The van der Waals surface area contributed by atoms with Gasteiger partial charge in [0.25, 0.3) is 0 Å². The molecule has 0 fully saturated rings. The van der Waals surface area contributed by atoms with E-state index in [4.69, 9.17) is 9.47 Å². The molecule has 28 heavy (non-hydrogen) atoms. The van der Waals surface area contributed by atoms with Crippen LogP contribution in [0.15, 0.2) is 42.5 Å². The Balaban J connectivity index is 1.80. The molecule has 0 aliphatic carbocycles. The number of nitrogens with zero attached hydrogens (tertiary/aromatic N) is 1. The van der Waals surface area contributed by atoms with Gasteiger partial charge in [-0.3, -0.25) is 9.10 Å². The summed E-state index contributed by atoms with van der Waals surface area (Å²) in [4.78, 5) is 12.7. The van der Waals surface area contributed by atoms with Crippen LogP contribution in [0, 0.1) is 6.92 Å². The van der Waals surface area contributed by atoms with Crippen LogP contribution >= 0.6 is 0 Å². The van der Waals surface area contributed by atoms with Gasteiger partial charge in [0.05, 0.1) is 11.9 Å². The third kappa shape index (κ3) is 4.56. The topological polar surface area (TPSA) is 84.9 Å². The largest absolute Gasteiger partial charge is 0.486 e. The Kier molecular flexibility index (Phi) is 5.79. The van der Waals surface area contributed by atoms with E-state index in [0.29, 0.717) is 36.9 Å². The summed E-state index contributed by atoms with van der Waals surface area (Å²) in [6.07, 6.45) is 1.08. The van der Waals surface area contributed by atoms with E-state index < -0.39 is 16.1 Å². The molecular formula is C20H24N2O5S. The first-order valence-corrected chi connectivity index (χ1v) is 10.8. The van der Waals surface area contributed by atoms with Crippen LogP contribution < -0.4 is 19.1 Å². The quantitative estimate of drug-likeness (QED) is 0.798. The average Bonchev–Trinajstić information content (AvgIpc) is 2.65. The van der Waals surface area contributed by atoms with Crippen molar-refractivity contribution in [1.29, 1.82) is 0 Å². The lowest BCUT2D eigenvalue weighted by Crippen LogP contribution is -2.47. The summed E-state index contributed by atoms with van der Waals surface area (Å²) in [5.41, 5.74) is 2.39. The summed E-state index contributed by atoms with van der Waals surface area (Å²) in [7, 11) is -3.70. The van der Waals surface area contributed by atoms with Gasteiger partial charge in [-0.25, -0.2) is 8.42 Å². The second-order valence-corrected chi connectivity index (χ2v) is 8.63. The van der Waals surface area contributed by atoms with Crippen LogP contribution in [0.25, 0.3) is 0 Å². The molecule has 0 bridgehead atoms. The highest BCUT2D eigenvalue weighted by atomic mass is 32.2. The van der Waals surface area contributed by atoms with Crippen LogP contribution in [0.1, 0.15) is 18.1 Å². The highest BCUT2D eigenvalue weighted by Crippen LogP contribution is 2.35. The number of rotatable bonds is 6. The summed E-state index contributed by atoms with van der Waals surface area (Å²) in [5, 5.41) is 2.81. The number of sulfonamides is 1. The van der Waals surface area contributed by atoms with Gasteiger partial charge in [-0.2, -0.15) is 0 Å². The SMILES string of the molecule is Cc1cccc(CNC(=O)[C@@H](C)N(c2ccc3c(c2)OCCO3)S(C)(=O)=O)c1. The predicted molar refractivity (Wildman–Crippen MR) is 107 cm³/mol. The fourth-order valence-corrected chi connectivity index (χ4v) is 4.30. The molecule has 1 amide bonds. The molecule has 1 atom stereocenters. The van der Waals surface area contributed by atoms with Crippen molar-refractivity contribution >= 4 is 21.6 Å². The van der Waals surface area contributed by atoms with E-state index in [9.17, 15) is 13.2 Å². The molecule has 3 rings (SSSR count). The molecule has 2 aromatic carbocycles. The van der Waals surface area contributed by atoms with Crippen molar-refractivity contribution in [3.8, 4) is 11.5 Å². The summed E-state index contributed by atoms with van der Waals surface area (Å²) < 4.78 is 37.0.